The van der Waals surface area contributed by atoms with Gasteiger partial charge in [-0.3, -0.25) is 14.2 Å². The predicted molar refractivity (Wildman–Crippen MR) is 124 cm³/mol. The van der Waals surface area contributed by atoms with Gasteiger partial charge in [0.15, 0.2) is 0 Å². The van der Waals surface area contributed by atoms with Crippen molar-refractivity contribution >= 4 is 16.1 Å². The molecule has 0 saturated carbocycles. The molecule has 0 aromatic heterocycles. The molecular formula is C23H45NO6S. The summed E-state index contributed by atoms with van der Waals surface area (Å²) < 4.78 is 42.4. The van der Waals surface area contributed by atoms with Gasteiger partial charge in [0.25, 0.3) is 10.1 Å². The number of morpholine rings is 1. The zero-order chi connectivity index (χ0) is 22.8. The fourth-order valence-corrected chi connectivity index (χ4v) is 4.61. The van der Waals surface area contributed by atoms with Crippen LogP contribution in [0.25, 0.3) is 0 Å². The summed E-state index contributed by atoms with van der Waals surface area (Å²) in [5, 5.41) is 0. The van der Waals surface area contributed by atoms with Gasteiger partial charge >= 0.3 is 5.97 Å². The van der Waals surface area contributed by atoms with Gasteiger partial charge in [0, 0.05) is 26.1 Å². The van der Waals surface area contributed by atoms with Gasteiger partial charge in [-0.15, -0.1) is 0 Å². The number of carbonyl (C=O) groups is 1. The Morgan fingerprint density at radius 3 is 1.87 bits per heavy atom. The Morgan fingerprint density at radius 2 is 1.39 bits per heavy atom. The van der Waals surface area contributed by atoms with Crippen LogP contribution in [0.15, 0.2) is 0 Å². The molecule has 0 amide bonds. The molecule has 8 heteroatoms. The number of rotatable bonds is 19. The topological polar surface area (TPSA) is 93.1 Å². The van der Waals surface area contributed by atoms with Gasteiger partial charge in [-0.2, -0.15) is 8.42 Å². The summed E-state index contributed by atoms with van der Waals surface area (Å²) in [6, 6.07) is 0. The Bertz CT molecular complexity index is 548. The largest absolute Gasteiger partial charge is 0.460 e. The van der Waals surface area contributed by atoms with Crippen molar-refractivity contribution in [3.63, 3.8) is 0 Å². The number of unbranched alkanes of at least 4 members (excludes halogenated alkanes) is 12. The van der Waals surface area contributed by atoms with Gasteiger partial charge in [-0.25, -0.2) is 0 Å². The smallest absolute Gasteiger partial charge is 0.306 e. The third-order valence-electron chi connectivity index (χ3n) is 5.74. The molecule has 1 aliphatic heterocycles. The van der Waals surface area contributed by atoms with E-state index in [0.29, 0.717) is 39.3 Å². The van der Waals surface area contributed by atoms with Crippen molar-refractivity contribution in [2.45, 2.75) is 103 Å². The lowest BCUT2D eigenvalue weighted by Gasteiger charge is -2.29. The van der Waals surface area contributed by atoms with Crippen molar-refractivity contribution < 1.29 is 27.2 Å². The van der Waals surface area contributed by atoms with E-state index < -0.39 is 22.0 Å². The van der Waals surface area contributed by atoms with Crippen LogP contribution in [0.1, 0.15) is 96.8 Å². The fourth-order valence-electron chi connectivity index (χ4n) is 3.96. The van der Waals surface area contributed by atoms with E-state index in [2.05, 4.69) is 6.92 Å². The van der Waals surface area contributed by atoms with Crippen molar-refractivity contribution in [1.29, 1.82) is 0 Å². The van der Waals surface area contributed by atoms with Crippen LogP contribution < -0.4 is 0 Å². The molecular weight excluding hydrogens is 418 g/mol. The fraction of sp³-hybridized carbons (Fsp3) is 0.957. The quantitative estimate of drug-likeness (QED) is 0.170. The number of hydrogen-bond acceptors (Lipinski definition) is 6. The summed E-state index contributed by atoms with van der Waals surface area (Å²) in [4.78, 5) is 14.1. The Morgan fingerprint density at radius 1 is 0.903 bits per heavy atom. The molecule has 0 bridgehead atoms. The third-order valence-corrected chi connectivity index (χ3v) is 6.54. The van der Waals surface area contributed by atoms with Crippen LogP contribution in [-0.4, -0.2) is 68.5 Å². The molecule has 1 unspecified atom stereocenters. The Labute approximate surface area is 190 Å². The van der Waals surface area contributed by atoms with E-state index in [-0.39, 0.29) is 5.97 Å². The Hall–Kier alpha value is -0.700. The SMILES string of the molecule is CCCCCCCCCCCCCCCC(=O)OC(CN1CCOCC1)CS(=O)(=O)O. The molecule has 0 spiro atoms. The Kier molecular flexibility index (Phi) is 16.3. The molecule has 1 aliphatic rings. The van der Waals surface area contributed by atoms with Gasteiger partial charge in [0.05, 0.1) is 13.2 Å². The first-order valence-corrected chi connectivity index (χ1v) is 14.0. The van der Waals surface area contributed by atoms with E-state index in [4.69, 9.17) is 14.0 Å². The molecule has 0 aromatic rings. The highest BCUT2D eigenvalue weighted by molar-refractivity contribution is 7.85. The maximum atomic E-state index is 12.1. The number of carbonyl (C=O) groups excluding carboxylic acids is 1. The lowest BCUT2D eigenvalue weighted by atomic mass is 10.0. The first-order valence-electron chi connectivity index (χ1n) is 12.4. The van der Waals surface area contributed by atoms with Crippen molar-refractivity contribution in [1.82, 2.24) is 4.90 Å². The highest BCUT2D eigenvalue weighted by Gasteiger charge is 2.24. The van der Waals surface area contributed by atoms with E-state index in [0.717, 1.165) is 19.3 Å². The minimum atomic E-state index is -4.20. The van der Waals surface area contributed by atoms with Crippen LogP contribution in [0.2, 0.25) is 0 Å². The van der Waals surface area contributed by atoms with Crippen LogP contribution in [0, 0.1) is 0 Å². The van der Waals surface area contributed by atoms with Crippen molar-refractivity contribution in [3.8, 4) is 0 Å². The number of nitrogens with zero attached hydrogens (tertiary/aromatic N) is 1. The zero-order valence-corrected chi connectivity index (χ0v) is 20.4. The molecule has 184 valence electrons. The van der Waals surface area contributed by atoms with Crippen molar-refractivity contribution in [3.05, 3.63) is 0 Å². The first-order chi connectivity index (χ1) is 14.9. The summed E-state index contributed by atoms with van der Waals surface area (Å²) in [5.41, 5.74) is 0. The van der Waals surface area contributed by atoms with Gasteiger partial charge in [-0.1, -0.05) is 84.0 Å². The third kappa shape index (κ3) is 17.5. The molecule has 0 radical (unpaired) electrons. The minimum Gasteiger partial charge on any atom is -0.460 e. The predicted octanol–water partition coefficient (Wildman–Crippen LogP) is 4.60. The van der Waals surface area contributed by atoms with Gasteiger partial charge in [0.1, 0.15) is 11.9 Å². The number of hydrogen-bond donors (Lipinski definition) is 1. The second-order valence-electron chi connectivity index (χ2n) is 8.77. The highest BCUT2D eigenvalue weighted by atomic mass is 32.2. The molecule has 1 saturated heterocycles. The zero-order valence-electron chi connectivity index (χ0n) is 19.6. The van der Waals surface area contributed by atoms with Gasteiger partial charge in [-0.05, 0) is 6.42 Å². The Balaban J connectivity index is 2.07. The maximum Gasteiger partial charge on any atom is 0.306 e. The van der Waals surface area contributed by atoms with Gasteiger partial charge in [0.2, 0.25) is 0 Å². The summed E-state index contributed by atoms with van der Waals surface area (Å²) in [6.07, 6.45) is 15.5. The van der Waals surface area contributed by atoms with Crippen LogP contribution >= 0.6 is 0 Å². The summed E-state index contributed by atoms with van der Waals surface area (Å²) in [5.74, 6) is -0.945. The lowest BCUT2D eigenvalue weighted by Crippen LogP contribution is -2.44. The number of ether oxygens (including phenoxy) is 2. The normalized spacial score (nSPS) is 16.3. The van der Waals surface area contributed by atoms with E-state index in [1.54, 1.807) is 0 Å². The molecule has 0 aliphatic carbocycles. The lowest BCUT2D eigenvalue weighted by molar-refractivity contribution is -0.149. The summed E-state index contributed by atoms with van der Waals surface area (Å²) >= 11 is 0. The van der Waals surface area contributed by atoms with Crippen LogP contribution in [0.3, 0.4) is 0 Å². The standard InChI is InChI=1S/C23H45NO6S/c1-2-3-4-5-6-7-8-9-10-11-12-13-14-15-23(25)30-22(21-31(26,27)28)20-24-16-18-29-19-17-24/h22H,2-21H2,1H3,(H,26,27,28). The van der Waals surface area contributed by atoms with E-state index in [9.17, 15) is 13.2 Å². The van der Waals surface area contributed by atoms with E-state index in [1.807, 2.05) is 4.90 Å². The first kappa shape index (κ1) is 28.3. The monoisotopic (exact) mass is 463 g/mol. The highest BCUT2D eigenvalue weighted by Crippen LogP contribution is 2.13. The average Bonchev–Trinajstić information content (AvgIpc) is 2.71. The van der Waals surface area contributed by atoms with Crippen LogP contribution in [0.4, 0.5) is 0 Å². The molecule has 1 atom stereocenters. The molecule has 7 nitrogen and oxygen atoms in total. The molecule has 31 heavy (non-hydrogen) atoms. The number of esters is 1. The van der Waals surface area contributed by atoms with E-state index in [1.165, 1.54) is 64.2 Å². The molecule has 1 fully saturated rings. The molecule has 1 N–H and O–H groups in total. The molecule has 0 aromatic carbocycles. The molecule has 1 rings (SSSR count). The second kappa shape index (κ2) is 17.8. The second-order valence-corrected chi connectivity index (χ2v) is 10.3. The molecule has 1 heterocycles. The van der Waals surface area contributed by atoms with Crippen LogP contribution in [-0.2, 0) is 24.4 Å². The van der Waals surface area contributed by atoms with Crippen LogP contribution in [0.5, 0.6) is 0 Å². The van der Waals surface area contributed by atoms with E-state index >= 15 is 0 Å². The average molecular weight is 464 g/mol. The van der Waals surface area contributed by atoms with Gasteiger partial charge < -0.3 is 9.47 Å². The van der Waals surface area contributed by atoms with Crippen molar-refractivity contribution in [2.24, 2.45) is 0 Å². The minimum absolute atomic E-state index is 0.294. The summed E-state index contributed by atoms with van der Waals surface area (Å²) in [7, 11) is -4.20. The maximum absolute atomic E-state index is 12.1. The summed E-state index contributed by atoms with van der Waals surface area (Å²) in [6.45, 7) is 5.03. The van der Waals surface area contributed by atoms with Crippen molar-refractivity contribution in [2.75, 3.05) is 38.6 Å².